The summed E-state index contributed by atoms with van der Waals surface area (Å²) < 4.78 is 14.1. The molecule has 0 radical (unpaired) electrons. The number of anilines is 1. The molecule has 0 bridgehead atoms. The molecule has 0 saturated heterocycles. The molecule has 0 aliphatic heterocycles. The molecular weight excluding hydrogens is 459 g/mol. The number of carbonyl (C=O) groups excluding carboxylic acids is 3. The second-order valence-electron chi connectivity index (χ2n) is 10.4. The summed E-state index contributed by atoms with van der Waals surface area (Å²) in [5.74, 6) is -0.759. The number of alkyl halides is 1. The monoisotopic (exact) mass is 490 g/mol. The van der Waals surface area contributed by atoms with Crippen LogP contribution in [0.1, 0.15) is 54.4 Å². The van der Waals surface area contributed by atoms with E-state index in [9.17, 15) is 18.8 Å². The Balaban J connectivity index is 1.81. The topological polar surface area (TPSA) is 95.2 Å². The maximum atomic E-state index is 14.1. The largest absolute Gasteiger partial charge is 0.358 e. The van der Waals surface area contributed by atoms with Gasteiger partial charge in [-0.15, -0.1) is 0 Å². The second kappa shape index (κ2) is 9.33. The van der Waals surface area contributed by atoms with Gasteiger partial charge in [0.25, 0.3) is 5.91 Å². The van der Waals surface area contributed by atoms with Gasteiger partial charge in [-0.05, 0) is 44.0 Å². The number of ketones is 1. The van der Waals surface area contributed by atoms with Gasteiger partial charge >= 0.3 is 0 Å². The Morgan fingerprint density at radius 3 is 2.50 bits per heavy atom. The van der Waals surface area contributed by atoms with E-state index in [1.807, 2.05) is 37.3 Å². The fraction of sp³-hybridized carbons (Fsp3) is 0.357. The van der Waals surface area contributed by atoms with Gasteiger partial charge in [-0.1, -0.05) is 30.3 Å². The average Bonchev–Trinajstić information content (AvgIpc) is 3.16. The Kier molecular flexibility index (Phi) is 6.56. The van der Waals surface area contributed by atoms with Crippen LogP contribution in [0.3, 0.4) is 0 Å². The summed E-state index contributed by atoms with van der Waals surface area (Å²) in [6.07, 6.45) is 2.56. The minimum Gasteiger partial charge on any atom is -0.358 e. The summed E-state index contributed by atoms with van der Waals surface area (Å²) in [5, 5.41) is 2.52. The third-order valence-corrected chi connectivity index (χ3v) is 6.55. The van der Waals surface area contributed by atoms with E-state index < -0.39 is 17.0 Å². The molecule has 0 saturated carbocycles. The van der Waals surface area contributed by atoms with Crippen molar-refractivity contribution in [3.63, 3.8) is 0 Å². The first-order valence-corrected chi connectivity index (χ1v) is 11.9. The zero-order valence-corrected chi connectivity index (χ0v) is 21.2. The Morgan fingerprint density at radius 1 is 1.17 bits per heavy atom. The Labute approximate surface area is 210 Å². The molecule has 1 aliphatic carbocycles. The van der Waals surface area contributed by atoms with Crippen molar-refractivity contribution >= 4 is 23.4 Å². The van der Waals surface area contributed by atoms with Crippen LogP contribution in [0.25, 0.3) is 11.3 Å². The van der Waals surface area contributed by atoms with Crippen molar-refractivity contribution in [3.8, 4) is 11.3 Å². The number of nitrogens with one attached hydrogen (secondary N) is 2. The second-order valence-corrected chi connectivity index (χ2v) is 10.4. The van der Waals surface area contributed by atoms with E-state index >= 15 is 0 Å². The highest BCUT2D eigenvalue weighted by atomic mass is 19.1. The molecule has 2 heterocycles. The van der Waals surface area contributed by atoms with Gasteiger partial charge in [0, 0.05) is 56.4 Å². The number of rotatable bonds is 6. The third kappa shape index (κ3) is 4.94. The maximum Gasteiger partial charge on any atom is 0.262 e. The smallest absolute Gasteiger partial charge is 0.262 e. The lowest BCUT2D eigenvalue weighted by Crippen LogP contribution is -2.43. The number of nitrogens with zero attached hydrogens (tertiary/aromatic N) is 2. The summed E-state index contributed by atoms with van der Waals surface area (Å²) in [7, 11) is 3.39. The molecule has 2 amide bonds. The Hall–Kier alpha value is -3.81. The number of pyridine rings is 1. The fourth-order valence-corrected chi connectivity index (χ4v) is 4.79. The first kappa shape index (κ1) is 25.3. The van der Waals surface area contributed by atoms with Crippen molar-refractivity contribution in [2.24, 2.45) is 5.41 Å². The van der Waals surface area contributed by atoms with E-state index in [1.54, 1.807) is 26.2 Å². The van der Waals surface area contributed by atoms with Gasteiger partial charge in [0.05, 0.1) is 11.1 Å². The van der Waals surface area contributed by atoms with Gasteiger partial charge in [-0.25, -0.2) is 9.37 Å². The van der Waals surface area contributed by atoms with Gasteiger partial charge in [0.15, 0.2) is 11.5 Å². The molecule has 1 unspecified atom stereocenters. The number of hydrogen-bond acceptors (Lipinski definition) is 4. The normalized spacial score (nSPS) is 17.4. The number of halogens is 1. The molecule has 2 N–H and O–H groups in total. The molecule has 1 aliphatic rings. The number of aromatic amines is 1. The molecule has 36 heavy (non-hydrogen) atoms. The lowest BCUT2D eigenvalue weighted by Gasteiger charge is -2.33. The molecule has 7 nitrogen and oxygen atoms in total. The first-order chi connectivity index (χ1) is 16.9. The molecule has 3 aromatic rings. The fourth-order valence-electron chi connectivity index (χ4n) is 4.79. The lowest BCUT2D eigenvalue weighted by atomic mass is 9.72. The highest BCUT2D eigenvalue weighted by Crippen LogP contribution is 2.41. The van der Waals surface area contributed by atoms with Crippen molar-refractivity contribution in [2.75, 3.05) is 19.4 Å². The average molecular weight is 491 g/mol. The molecule has 0 spiro atoms. The number of benzene rings is 1. The summed E-state index contributed by atoms with van der Waals surface area (Å²) in [6, 6.07) is 13.3. The quantitative estimate of drug-likeness (QED) is 0.529. The van der Waals surface area contributed by atoms with Crippen molar-refractivity contribution in [1.82, 2.24) is 14.9 Å². The van der Waals surface area contributed by atoms with Crippen LogP contribution < -0.4 is 5.32 Å². The van der Waals surface area contributed by atoms with Crippen LogP contribution in [0.5, 0.6) is 0 Å². The maximum absolute atomic E-state index is 14.1. The predicted octanol–water partition coefficient (Wildman–Crippen LogP) is 4.58. The Bertz CT molecular complexity index is 1320. The van der Waals surface area contributed by atoms with Crippen LogP contribution in [0.4, 0.5) is 10.2 Å². The number of amides is 2. The van der Waals surface area contributed by atoms with Gasteiger partial charge in [0.1, 0.15) is 5.82 Å². The van der Waals surface area contributed by atoms with E-state index in [2.05, 4.69) is 15.3 Å². The highest BCUT2D eigenvalue weighted by molar-refractivity contribution is 6.05. The zero-order valence-electron chi connectivity index (χ0n) is 21.2. The molecule has 4 rings (SSSR count). The van der Waals surface area contributed by atoms with Crippen molar-refractivity contribution in [3.05, 3.63) is 71.0 Å². The summed E-state index contributed by atoms with van der Waals surface area (Å²) in [4.78, 5) is 47.7. The van der Waals surface area contributed by atoms with Crippen LogP contribution in [-0.2, 0) is 22.4 Å². The number of carbonyl (C=O) groups is 3. The van der Waals surface area contributed by atoms with Gasteiger partial charge in [0.2, 0.25) is 5.91 Å². The molecule has 8 heteroatoms. The van der Waals surface area contributed by atoms with Crippen LogP contribution in [0.2, 0.25) is 0 Å². The van der Waals surface area contributed by atoms with Crippen LogP contribution in [0, 0.1) is 5.41 Å². The van der Waals surface area contributed by atoms with E-state index in [1.165, 1.54) is 24.9 Å². The molecule has 1 aromatic carbocycles. The molecule has 0 fully saturated rings. The van der Waals surface area contributed by atoms with Gasteiger partial charge in [-0.2, -0.15) is 0 Å². The van der Waals surface area contributed by atoms with E-state index in [0.29, 0.717) is 24.0 Å². The molecule has 188 valence electrons. The SMILES string of the molecule is CN(C)C(=O)C1(C)CC(=O)c2c([nH]c(-c3ccnc(NC(=O)C(C)(C)F)c3)c2Cc2ccccc2)C1. The lowest BCUT2D eigenvalue weighted by molar-refractivity contribution is -0.138. The van der Waals surface area contributed by atoms with E-state index in [4.69, 9.17) is 0 Å². The zero-order chi connectivity index (χ0) is 26.3. The molecular formula is C28H31FN4O3. The highest BCUT2D eigenvalue weighted by Gasteiger charge is 2.44. The van der Waals surface area contributed by atoms with Crippen LogP contribution >= 0.6 is 0 Å². The summed E-state index contributed by atoms with van der Waals surface area (Å²) >= 11 is 0. The number of hydrogen-bond donors (Lipinski definition) is 2. The number of Topliss-reactive ketones (excluding diaryl/α,β-unsaturated/α-hetero) is 1. The minimum absolute atomic E-state index is 0.0795. The van der Waals surface area contributed by atoms with Crippen LogP contribution in [0.15, 0.2) is 48.7 Å². The molecule has 2 aromatic heterocycles. The predicted molar refractivity (Wildman–Crippen MR) is 137 cm³/mol. The Morgan fingerprint density at radius 2 is 1.86 bits per heavy atom. The standard InChI is InChI=1S/C28H31FN4O3/c1-27(2,29)25(35)32-22-14-18(11-12-30-22)24-19(13-17-9-7-6-8-10-17)23-20(31-24)15-28(3,16-21(23)34)26(36)33(4)5/h6-12,14,31H,13,15-16H2,1-5H3,(H,30,32,35). The molecule has 1 atom stereocenters. The van der Waals surface area contributed by atoms with Gasteiger partial charge in [-0.3, -0.25) is 14.4 Å². The summed E-state index contributed by atoms with van der Waals surface area (Å²) in [6.45, 7) is 4.19. The minimum atomic E-state index is -2.06. The van der Waals surface area contributed by atoms with Crippen molar-refractivity contribution in [1.29, 1.82) is 0 Å². The third-order valence-electron chi connectivity index (χ3n) is 6.55. The number of fused-ring (bicyclic) bond motifs is 1. The number of aromatic nitrogens is 2. The van der Waals surface area contributed by atoms with Gasteiger partial charge < -0.3 is 15.2 Å². The summed E-state index contributed by atoms with van der Waals surface area (Å²) in [5.41, 5.74) is 1.72. The van der Waals surface area contributed by atoms with Crippen LogP contribution in [-0.4, -0.2) is 52.2 Å². The number of H-pyrrole nitrogens is 1. The first-order valence-electron chi connectivity index (χ1n) is 11.9. The van der Waals surface area contributed by atoms with E-state index in [0.717, 1.165) is 22.5 Å². The van der Waals surface area contributed by atoms with E-state index in [-0.39, 0.29) is 23.9 Å². The van der Waals surface area contributed by atoms with Crippen molar-refractivity contribution < 1.29 is 18.8 Å². The van der Waals surface area contributed by atoms with Crippen molar-refractivity contribution in [2.45, 2.75) is 45.7 Å².